The highest BCUT2D eigenvalue weighted by Gasteiger charge is 2.13. The van der Waals surface area contributed by atoms with Crippen molar-refractivity contribution in [3.8, 4) is 0 Å². The minimum atomic E-state index is -1.26. The molecule has 4 N–H and O–H groups in total. The van der Waals surface area contributed by atoms with Crippen LogP contribution in [0.4, 0.5) is 4.79 Å². The maximum atomic E-state index is 11.5. The normalized spacial score (nSPS) is 14.1. The molecular weight excluding hydrogens is 366 g/mol. The number of rotatable bonds is 9. The van der Waals surface area contributed by atoms with Gasteiger partial charge in [-0.1, -0.05) is 32.1 Å². The number of ether oxygens (including phenoxy) is 1. The van der Waals surface area contributed by atoms with Gasteiger partial charge in [-0.05, 0) is 25.2 Å². The maximum Gasteiger partial charge on any atom is 0.407 e. The third kappa shape index (κ3) is 12.5. The average Bonchev–Trinajstić information content (AvgIpc) is 3.18. The number of carbonyl (C=O) groups excluding carboxylic acids is 1. The molecule has 1 aliphatic rings. The van der Waals surface area contributed by atoms with E-state index in [0.717, 1.165) is 37.4 Å². The van der Waals surface area contributed by atoms with Gasteiger partial charge in [-0.2, -0.15) is 0 Å². The Balaban J connectivity index is 0.000000416. The third-order valence-electron chi connectivity index (χ3n) is 4.29. The summed E-state index contributed by atoms with van der Waals surface area (Å²) in [4.78, 5) is 37.6. The number of hydrogen-bond acceptors (Lipinski definition) is 5. The van der Waals surface area contributed by atoms with Gasteiger partial charge in [0, 0.05) is 30.6 Å². The summed E-state index contributed by atoms with van der Waals surface area (Å²) in [5.74, 6) is -1.72. The molecule has 0 aromatic carbocycles. The van der Waals surface area contributed by atoms with E-state index >= 15 is 0 Å². The molecule has 0 spiro atoms. The van der Waals surface area contributed by atoms with Crippen LogP contribution in [-0.2, 0) is 20.7 Å². The molecule has 1 heterocycles. The number of nitrogens with one attached hydrogen (secondary N) is 2. The maximum absolute atomic E-state index is 11.5. The van der Waals surface area contributed by atoms with Gasteiger partial charge in [-0.25, -0.2) is 19.4 Å². The van der Waals surface area contributed by atoms with Crippen molar-refractivity contribution >= 4 is 18.0 Å². The van der Waals surface area contributed by atoms with Crippen molar-refractivity contribution in [2.45, 2.75) is 51.4 Å². The second-order valence-electron chi connectivity index (χ2n) is 6.55. The Kier molecular flexibility index (Phi) is 11.8. The number of aromatic nitrogens is 2. The SMILES string of the molecule is O=C(NCCC1CCCCC1)OCCCc1cnc[nH]1.O=C(O)/C=C\C(=O)O. The first-order chi connectivity index (χ1) is 13.5. The number of nitrogens with zero attached hydrogens (tertiary/aromatic N) is 1. The van der Waals surface area contributed by atoms with E-state index in [4.69, 9.17) is 14.9 Å². The highest BCUT2D eigenvalue weighted by molar-refractivity contribution is 5.89. The van der Waals surface area contributed by atoms with Crippen molar-refractivity contribution in [2.24, 2.45) is 5.92 Å². The largest absolute Gasteiger partial charge is 0.478 e. The summed E-state index contributed by atoms with van der Waals surface area (Å²) in [6.45, 7) is 1.19. The summed E-state index contributed by atoms with van der Waals surface area (Å²) in [5, 5.41) is 18.5. The minimum absolute atomic E-state index is 0.287. The number of aromatic amines is 1. The molecule has 0 atom stereocenters. The molecule has 156 valence electrons. The number of aryl methyl sites for hydroxylation is 1. The van der Waals surface area contributed by atoms with Crippen LogP contribution in [0.2, 0.25) is 0 Å². The number of hydrogen-bond donors (Lipinski definition) is 4. The molecule has 0 bridgehead atoms. The molecule has 28 heavy (non-hydrogen) atoms. The van der Waals surface area contributed by atoms with E-state index in [0.29, 0.717) is 18.8 Å². The van der Waals surface area contributed by atoms with E-state index in [1.807, 2.05) is 0 Å². The van der Waals surface area contributed by atoms with Crippen LogP contribution in [0.3, 0.4) is 0 Å². The Morgan fingerprint density at radius 3 is 2.43 bits per heavy atom. The Morgan fingerprint density at radius 2 is 1.86 bits per heavy atom. The van der Waals surface area contributed by atoms with Crippen LogP contribution in [0.25, 0.3) is 0 Å². The van der Waals surface area contributed by atoms with Crippen molar-refractivity contribution in [3.05, 3.63) is 30.4 Å². The minimum Gasteiger partial charge on any atom is -0.478 e. The highest BCUT2D eigenvalue weighted by Crippen LogP contribution is 2.25. The fraction of sp³-hybridized carbons (Fsp3) is 0.579. The molecule has 0 unspecified atom stereocenters. The van der Waals surface area contributed by atoms with Gasteiger partial charge in [0.05, 0.1) is 12.9 Å². The summed E-state index contributed by atoms with van der Waals surface area (Å²) in [6, 6.07) is 0. The van der Waals surface area contributed by atoms with Gasteiger partial charge >= 0.3 is 18.0 Å². The fourth-order valence-electron chi connectivity index (χ4n) is 2.90. The van der Waals surface area contributed by atoms with Gasteiger partial charge in [0.25, 0.3) is 0 Å². The van der Waals surface area contributed by atoms with E-state index in [-0.39, 0.29) is 6.09 Å². The molecule has 0 radical (unpaired) electrons. The zero-order valence-corrected chi connectivity index (χ0v) is 15.9. The van der Waals surface area contributed by atoms with E-state index in [2.05, 4.69) is 15.3 Å². The molecule has 1 aromatic rings. The molecule has 1 aromatic heterocycles. The topological polar surface area (TPSA) is 142 Å². The third-order valence-corrected chi connectivity index (χ3v) is 4.29. The summed E-state index contributed by atoms with van der Waals surface area (Å²) in [5.41, 5.74) is 1.08. The molecule has 9 heteroatoms. The van der Waals surface area contributed by atoms with E-state index in [9.17, 15) is 14.4 Å². The van der Waals surface area contributed by atoms with Crippen LogP contribution in [0.5, 0.6) is 0 Å². The molecule has 2 rings (SSSR count). The van der Waals surface area contributed by atoms with Crippen molar-refractivity contribution in [1.29, 1.82) is 0 Å². The molecule has 1 amide bonds. The van der Waals surface area contributed by atoms with Crippen molar-refractivity contribution < 1.29 is 29.3 Å². The molecular formula is C19H29N3O6. The Hall–Kier alpha value is -2.84. The summed E-state index contributed by atoms with van der Waals surface area (Å²) < 4.78 is 5.15. The number of amides is 1. The quantitative estimate of drug-likeness (QED) is 0.372. The highest BCUT2D eigenvalue weighted by atomic mass is 16.5. The second-order valence-corrected chi connectivity index (χ2v) is 6.55. The second kappa shape index (κ2) is 14.2. The first-order valence-electron chi connectivity index (χ1n) is 9.49. The van der Waals surface area contributed by atoms with Crippen LogP contribution in [-0.4, -0.2) is 51.4 Å². The summed E-state index contributed by atoms with van der Waals surface area (Å²) >= 11 is 0. The summed E-state index contributed by atoms with van der Waals surface area (Å²) in [7, 11) is 0. The zero-order valence-electron chi connectivity index (χ0n) is 15.9. The average molecular weight is 395 g/mol. The number of carboxylic acids is 2. The standard InChI is InChI=1S/C15H25N3O2.C4H4O4/c19-15(17-9-8-13-5-2-1-3-6-13)20-10-4-7-14-11-16-12-18-14;5-3(6)1-2-4(7)8/h11-13H,1-10H2,(H,16,18)(H,17,19);1-2H,(H,5,6)(H,7,8)/b;2-1-. The van der Waals surface area contributed by atoms with Crippen molar-refractivity contribution in [1.82, 2.24) is 15.3 Å². The van der Waals surface area contributed by atoms with Gasteiger partial charge in [-0.3, -0.25) is 0 Å². The smallest absolute Gasteiger partial charge is 0.407 e. The number of alkyl carbamates (subject to hydrolysis) is 1. The molecule has 0 saturated heterocycles. The van der Waals surface area contributed by atoms with Crippen LogP contribution < -0.4 is 5.32 Å². The molecule has 1 aliphatic carbocycles. The lowest BCUT2D eigenvalue weighted by Crippen LogP contribution is -2.27. The summed E-state index contributed by atoms with van der Waals surface area (Å²) in [6.07, 6.45) is 13.8. The van der Waals surface area contributed by atoms with Crippen LogP contribution in [0.15, 0.2) is 24.7 Å². The number of carboxylic acid groups (broad SMARTS) is 2. The number of aliphatic carboxylic acids is 2. The van der Waals surface area contributed by atoms with E-state index < -0.39 is 11.9 Å². The Bertz CT molecular complexity index is 593. The van der Waals surface area contributed by atoms with Crippen LogP contribution >= 0.6 is 0 Å². The van der Waals surface area contributed by atoms with Gasteiger partial charge in [0.2, 0.25) is 0 Å². The van der Waals surface area contributed by atoms with Crippen LogP contribution in [0.1, 0.15) is 50.6 Å². The van der Waals surface area contributed by atoms with Crippen molar-refractivity contribution in [3.63, 3.8) is 0 Å². The number of carbonyl (C=O) groups is 3. The predicted molar refractivity (Wildman–Crippen MR) is 102 cm³/mol. The van der Waals surface area contributed by atoms with Gasteiger partial charge in [0.1, 0.15) is 0 Å². The Labute approximate surface area is 164 Å². The fourth-order valence-corrected chi connectivity index (χ4v) is 2.90. The lowest BCUT2D eigenvalue weighted by atomic mass is 9.87. The van der Waals surface area contributed by atoms with Crippen LogP contribution in [0, 0.1) is 5.92 Å². The number of H-pyrrole nitrogens is 1. The van der Waals surface area contributed by atoms with Gasteiger partial charge < -0.3 is 25.3 Å². The molecule has 0 aliphatic heterocycles. The molecule has 9 nitrogen and oxygen atoms in total. The van der Waals surface area contributed by atoms with E-state index in [1.54, 1.807) is 12.5 Å². The zero-order chi connectivity index (χ0) is 20.6. The van der Waals surface area contributed by atoms with Crippen molar-refractivity contribution in [2.75, 3.05) is 13.2 Å². The van der Waals surface area contributed by atoms with Gasteiger partial charge in [0.15, 0.2) is 0 Å². The van der Waals surface area contributed by atoms with Gasteiger partial charge in [-0.15, -0.1) is 0 Å². The number of imidazole rings is 1. The first-order valence-corrected chi connectivity index (χ1v) is 9.49. The lowest BCUT2D eigenvalue weighted by Gasteiger charge is -2.21. The first kappa shape index (κ1) is 23.2. The van der Waals surface area contributed by atoms with E-state index in [1.165, 1.54) is 32.1 Å². The molecule has 1 saturated carbocycles. The Morgan fingerprint density at radius 1 is 1.18 bits per heavy atom. The monoisotopic (exact) mass is 395 g/mol. The lowest BCUT2D eigenvalue weighted by molar-refractivity contribution is -0.134. The molecule has 1 fully saturated rings. The predicted octanol–water partition coefficient (Wildman–Crippen LogP) is 2.75.